The number of hydrogen-bond acceptors (Lipinski definition) is 3. The fourth-order valence-corrected chi connectivity index (χ4v) is 2.82. The third kappa shape index (κ3) is 1.58. The molecule has 0 aliphatic carbocycles. The maximum atomic E-state index is 4.78. The first kappa shape index (κ1) is 11.3. The fourth-order valence-electron chi connectivity index (χ4n) is 2.82. The highest BCUT2D eigenvalue weighted by molar-refractivity contribution is 5.85. The van der Waals surface area contributed by atoms with Gasteiger partial charge in [0.05, 0.1) is 23.4 Å². The van der Waals surface area contributed by atoms with Crippen LogP contribution in [-0.4, -0.2) is 33.5 Å². The largest absolute Gasteiger partial charge is 0.361 e. The molecule has 0 amide bonds. The lowest BCUT2D eigenvalue weighted by molar-refractivity contribution is 0.357. The van der Waals surface area contributed by atoms with Crippen LogP contribution in [0.1, 0.15) is 11.4 Å². The zero-order chi connectivity index (χ0) is 13.7. The molecule has 0 bridgehead atoms. The van der Waals surface area contributed by atoms with Crippen molar-refractivity contribution in [1.82, 2.24) is 19.8 Å². The van der Waals surface area contributed by atoms with E-state index < -0.39 is 0 Å². The second kappa shape index (κ2) is 4.00. The number of aromatic nitrogens is 2. The SMILES string of the molecule is Cc1cccc2[nH]c(C3=CC=CN4CN(C)C=C34)nc12. The Balaban J connectivity index is 1.86. The summed E-state index contributed by atoms with van der Waals surface area (Å²) in [6.07, 6.45) is 8.46. The van der Waals surface area contributed by atoms with Gasteiger partial charge in [-0.1, -0.05) is 12.1 Å². The molecular formula is C16H16N4. The summed E-state index contributed by atoms with van der Waals surface area (Å²) in [5, 5.41) is 0. The van der Waals surface area contributed by atoms with Gasteiger partial charge in [-0.25, -0.2) is 4.98 Å². The van der Waals surface area contributed by atoms with Crippen LogP contribution in [0.4, 0.5) is 0 Å². The zero-order valence-corrected chi connectivity index (χ0v) is 11.6. The van der Waals surface area contributed by atoms with E-state index in [1.807, 2.05) is 0 Å². The molecule has 2 aliphatic rings. The number of para-hydroxylation sites is 1. The van der Waals surface area contributed by atoms with E-state index in [0.717, 1.165) is 29.1 Å². The van der Waals surface area contributed by atoms with E-state index in [2.05, 4.69) is 71.5 Å². The number of rotatable bonds is 1. The van der Waals surface area contributed by atoms with Crippen LogP contribution in [0.15, 0.2) is 48.4 Å². The van der Waals surface area contributed by atoms with Crippen LogP contribution in [0.25, 0.3) is 16.6 Å². The highest BCUT2D eigenvalue weighted by atomic mass is 15.3. The Hall–Kier alpha value is -2.49. The molecule has 0 saturated heterocycles. The van der Waals surface area contributed by atoms with E-state index in [1.54, 1.807) is 0 Å². The molecule has 3 heterocycles. The molecule has 0 fully saturated rings. The van der Waals surface area contributed by atoms with Crippen molar-refractivity contribution in [3.8, 4) is 0 Å². The number of nitrogens with zero attached hydrogens (tertiary/aromatic N) is 3. The van der Waals surface area contributed by atoms with E-state index in [9.17, 15) is 0 Å². The Bertz CT molecular complexity index is 779. The lowest BCUT2D eigenvalue weighted by atomic mass is 10.1. The van der Waals surface area contributed by atoms with Gasteiger partial charge in [0.25, 0.3) is 0 Å². The maximum Gasteiger partial charge on any atom is 0.140 e. The topological polar surface area (TPSA) is 35.2 Å². The second-order valence-corrected chi connectivity index (χ2v) is 5.36. The van der Waals surface area contributed by atoms with Crippen molar-refractivity contribution in [1.29, 1.82) is 0 Å². The summed E-state index contributed by atoms with van der Waals surface area (Å²) in [4.78, 5) is 12.6. The van der Waals surface area contributed by atoms with Crippen LogP contribution in [0, 0.1) is 6.92 Å². The predicted molar refractivity (Wildman–Crippen MR) is 80.5 cm³/mol. The molecule has 100 valence electrons. The van der Waals surface area contributed by atoms with Gasteiger partial charge in [-0.3, -0.25) is 0 Å². The monoisotopic (exact) mass is 264 g/mol. The van der Waals surface area contributed by atoms with E-state index in [0.29, 0.717) is 0 Å². The molecule has 4 rings (SSSR count). The van der Waals surface area contributed by atoms with Crippen LogP contribution in [-0.2, 0) is 0 Å². The first-order chi connectivity index (χ1) is 9.72. The molecule has 0 saturated carbocycles. The van der Waals surface area contributed by atoms with Crippen LogP contribution in [0.2, 0.25) is 0 Å². The second-order valence-electron chi connectivity index (χ2n) is 5.36. The summed E-state index contributed by atoms with van der Waals surface area (Å²) in [6, 6.07) is 6.23. The van der Waals surface area contributed by atoms with E-state index in [1.165, 1.54) is 11.3 Å². The lowest BCUT2D eigenvalue weighted by Crippen LogP contribution is -2.21. The number of nitrogens with one attached hydrogen (secondary N) is 1. The summed E-state index contributed by atoms with van der Waals surface area (Å²) in [5.41, 5.74) is 5.69. The summed E-state index contributed by atoms with van der Waals surface area (Å²) in [5.74, 6) is 0.935. The van der Waals surface area contributed by atoms with E-state index >= 15 is 0 Å². The molecule has 0 unspecified atom stereocenters. The molecule has 2 aliphatic heterocycles. The number of H-pyrrole nitrogens is 1. The summed E-state index contributed by atoms with van der Waals surface area (Å²) < 4.78 is 0. The normalized spacial score (nSPS) is 17.5. The van der Waals surface area contributed by atoms with Crippen molar-refractivity contribution in [3.63, 3.8) is 0 Å². The quantitative estimate of drug-likeness (QED) is 0.860. The molecule has 1 aromatic heterocycles. The van der Waals surface area contributed by atoms with Gasteiger partial charge in [0.1, 0.15) is 5.82 Å². The average Bonchev–Trinajstić information content (AvgIpc) is 3.01. The Kier molecular flexibility index (Phi) is 2.27. The van der Waals surface area contributed by atoms with Crippen molar-refractivity contribution in [2.24, 2.45) is 0 Å². The highest BCUT2D eigenvalue weighted by Gasteiger charge is 2.24. The number of aromatic amines is 1. The minimum Gasteiger partial charge on any atom is -0.361 e. The molecule has 1 N–H and O–H groups in total. The first-order valence-corrected chi connectivity index (χ1v) is 6.75. The van der Waals surface area contributed by atoms with E-state index in [-0.39, 0.29) is 0 Å². The number of aryl methyl sites for hydroxylation is 1. The molecule has 4 heteroatoms. The first-order valence-electron chi connectivity index (χ1n) is 6.75. The molecule has 2 aromatic rings. The van der Waals surface area contributed by atoms with Gasteiger partial charge < -0.3 is 14.8 Å². The summed E-state index contributed by atoms with van der Waals surface area (Å²) in [7, 11) is 2.08. The summed E-state index contributed by atoms with van der Waals surface area (Å²) in [6.45, 7) is 2.99. The Labute approximate surface area is 117 Å². The third-order valence-corrected chi connectivity index (χ3v) is 3.80. The number of hydrogen-bond donors (Lipinski definition) is 1. The lowest BCUT2D eigenvalue weighted by Gasteiger charge is -2.21. The van der Waals surface area contributed by atoms with Gasteiger partial charge in [-0.15, -0.1) is 0 Å². The van der Waals surface area contributed by atoms with Crippen LogP contribution < -0.4 is 0 Å². The minimum absolute atomic E-state index is 0.891. The molecule has 0 atom stereocenters. The Morgan fingerprint density at radius 1 is 1.30 bits per heavy atom. The van der Waals surface area contributed by atoms with Gasteiger partial charge in [0, 0.05) is 25.0 Å². The average molecular weight is 264 g/mol. The zero-order valence-electron chi connectivity index (χ0n) is 11.6. The number of fused-ring (bicyclic) bond motifs is 2. The molecule has 0 radical (unpaired) electrons. The smallest absolute Gasteiger partial charge is 0.140 e. The van der Waals surface area contributed by atoms with Crippen LogP contribution >= 0.6 is 0 Å². The summed E-state index contributed by atoms with van der Waals surface area (Å²) >= 11 is 0. The van der Waals surface area contributed by atoms with Gasteiger partial charge >= 0.3 is 0 Å². The van der Waals surface area contributed by atoms with Gasteiger partial charge in [0.2, 0.25) is 0 Å². The molecule has 20 heavy (non-hydrogen) atoms. The number of allylic oxidation sites excluding steroid dienone is 3. The van der Waals surface area contributed by atoms with Gasteiger partial charge in [-0.2, -0.15) is 0 Å². The molecular weight excluding hydrogens is 248 g/mol. The fraction of sp³-hybridized carbons (Fsp3) is 0.188. The van der Waals surface area contributed by atoms with Gasteiger partial charge in [0.15, 0.2) is 0 Å². The van der Waals surface area contributed by atoms with E-state index in [4.69, 9.17) is 4.98 Å². The number of imidazole rings is 1. The molecule has 0 spiro atoms. The minimum atomic E-state index is 0.891. The third-order valence-electron chi connectivity index (χ3n) is 3.80. The highest BCUT2D eigenvalue weighted by Crippen LogP contribution is 2.32. The van der Waals surface area contributed by atoms with Crippen molar-refractivity contribution in [3.05, 3.63) is 59.8 Å². The van der Waals surface area contributed by atoms with Crippen LogP contribution in [0.3, 0.4) is 0 Å². The molecule has 1 aromatic carbocycles. The Morgan fingerprint density at radius 2 is 2.20 bits per heavy atom. The van der Waals surface area contributed by atoms with Crippen LogP contribution in [0.5, 0.6) is 0 Å². The van der Waals surface area contributed by atoms with Crippen molar-refractivity contribution < 1.29 is 0 Å². The number of benzene rings is 1. The van der Waals surface area contributed by atoms with Gasteiger partial charge in [-0.05, 0) is 30.7 Å². The molecule has 4 nitrogen and oxygen atoms in total. The maximum absolute atomic E-state index is 4.78. The standard InChI is InChI=1S/C16H16N4/c1-11-5-3-7-13-15(11)18-16(17-13)12-6-4-8-20-10-19(2)9-14(12)20/h3-9H,10H2,1-2H3,(H,17,18). The van der Waals surface area contributed by atoms with Crippen molar-refractivity contribution in [2.45, 2.75) is 6.92 Å². The Morgan fingerprint density at radius 3 is 3.05 bits per heavy atom. The van der Waals surface area contributed by atoms with Crippen molar-refractivity contribution >= 4 is 16.6 Å². The van der Waals surface area contributed by atoms with Crippen molar-refractivity contribution in [2.75, 3.05) is 13.7 Å². The predicted octanol–water partition coefficient (Wildman–Crippen LogP) is 2.83.